The molecule has 9 fully saturated rings. The molecule has 9 aliphatic heterocycles. The molecule has 9 saturated heterocycles. The van der Waals surface area contributed by atoms with Crippen LogP contribution in [0.5, 0.6) is 0 Å². The Bertz CT molecular complexity index is 2940. The van der Waals surface area contributed by atoms with Crippen LogP contribution in [-0.4, -0.2) is 463 Å². The number of hydrogen-bond acceptors (Lipinski definition) is 44. The van der Waals surface area contributed by atoms with Crippen molar-refractivity contribution >= 4 is 23.6 Å². The van der Waals surface area contributed by atoms with E-state index in [1.54, 1.807) is 0 Å². The zero-order chi connectivity index (χ0) is 81.1. The molecule has 9 aliphatic rings. The van der Waals surface area contributed by atoms with E-state index in [0.717, 1.165) is 27.7 Å². The van der Waals surface area contributed by atoms with Crippen molar-refractivity contribution in [3.8, 4) is 0 Å². The molecule has 0 bridgehead atoms. The van der Waals surface area contributed by atoms with E-state index >= 15 is 0 Å². The van der Waals surface area contributed by atoms with Crippen LogP contribution >= 0.6 is 0 Å². The molecule has 0 radical (unpaired) electrons. The maximum atomic E-state index is 13.4. The van der Waals surface area contributed by atoms with Gasteiger partial charge < -0.3 is 219 Å². The summed E-state index contributed by atoms with van der Waals surface area (Å²) < 4.78 is 101. The molecule has 9 rings (SSSR count). The monoisotopic (exact) mass is 1610 g/mol. The molecule has 45 atom stereocenters. The number of nitrogens with one attached hydrogen (secondary N) is 4. The van der Waals surface area contributed by atoms with Gasteiger partial charge in [0.1, 0.15) is 207 Å². The quantitative estimate of drug-likeness (QED) is 0.0363. The minimum Gasteiger partial charge on any atom is -0.394 e. The predicted molar refractivity (Wildman–Crippen MR) is 341 cm³/mol. The first kappa shape index (κ1) is 90.2. The van der Waals surface area contributed by atoms with Gasteiger partial charge >= 0.3 is 0 Å². The molecule has 0 saturated carbocycles. The van der Waals surface area contributed by atoms with Gasteiger partial charge in [-0.2, -0.15) is 0 Å². The van der Waals surface area contributed by atoms with Crippen LogP contribution in [0, 0.1) is 0 Å². The number of hydrogen-bond donors (Lipinski definition) is 27. The van der Waals surface area contributed by atoms with E-state index in [0.29, 0.717) is 0 Å². The molecule has 9 heterocycles. The van der Waals surface area contributed by atoms with Crippen molar-refractivity contribution in [2.75, 3.05) is 46.2 Å². The van der Waals surface area contributed by atoms with Crippen LogP contribution in [-0.2, 0) is 99.7 Å². The predicted octanol–water partition coefficient (Wildman–Crippen LogP) is -18.0. The summed E-state index contributed by atoms with van der Waals surface area (Å²) >= 11 is 0. The van der Waals surface area contributed by atoms with Gasteiger partial charge in [-0.3, -0.25) is 19.2 Å². The first-order valence-corrected chi connectivity index (χ1v) is 35.3. The minimum atomic E-state index is -2.53. The van der Waals surface area contributed by atoms with E-state index in [9.17, 15) is 137 Å². The molecule has 27 N–H and O–H groups in total. The fourth-order valence-electron chi connectivity index (χ4n) is 14.2. The lowest BCUT2D eigenvalue weighted by atomic mass is 9.93. The summed E-state index contributed by atoms with van der Waals surface area (Å²) in [6, 6.07) is -7.40. The maximum Gasteiger partial charge on any atom is 0.217 e. The Labute approximate surface area is 624 Å². The topological polar surface area (TPSA) is 739 Å². The SMILES string of the molecule is CC(=O)N[C@H]1[C@H](OC[C@H]2O[C@@H](O[C@H]3[C@@H](O)[C@@H](CO[C@@H]4O[C@H](CO)[C@@H](O)[C@H](O)[C@H]4NC(C)=O)OC(O)[C@@H]3NC(C)=O)[C@H](O)[C@@H](O[C@@H]3O[C@H](CO)[C@@H](O)[C@H](O[C@@H]4O[C@H](CO)[C@H](O)[C@H](O)[C@H]4O[C@@H]4O[C@@H](C)[C@@H](O)[C@@H](O)[C@@H]4O)[C@H]3NC(C)=O)[C@H]2O)O[C@H](CO)[C@@H](O[C@@H]2O[C@H](CO)[C@H](O)[C@H](O)[C@H]2O[C@@H]2O[C@@H](C)[C@@H](O)[C@@H](O)[C@@H]2O)[C@@H]1O. The third-order valence-corrected chi connectivity index (χ3v) is 20.3. The zero-order valence-corrected chi connectivity index (χ0v) is 59.8. The van der Waals surface area contributed by atoms with Crippen molar-refractivity contribution in [3.63, 3.8) is 0 Å². The minimum absolute atomic E-state index is 0.770. The van der Waals surface area contributed by atoms with E-state index in [-0.39, 0.29) is 0 Å². The van der Waals surface area contributed by atoms with E-state index < -0.39 is 346 Å². The summed E-state index contributed by atoms with van der Waals surface area (Å²) in [6.07, 6.45) is -81.4. The number of aliphatic hydroxyl groups is 23. The number of amides is 4. The molecule has 0 spiro atoms. The molecule has 4 amide bonds. The van der Waals surface area contributed by atoms with Crippen molar-refractivity contribution in [1.82, 2.24) is 21.3 Å². The van der Waals surface area contributed by atoms with Gasteiger partial charge in [0.05, 0.1) is 58.5 Å². The molecule has 0 aromatic heterocycles. The number of rotatable bonds is 27. The molecule has 0 aromatic carbocycles. The van der Waals surface area contributed by atoms with Crippen molar-refractivity contribution < 1.29 is 217 Å². The summed E-state index contributed by atoms with van der Waals surface area (Å²) in [5.41, 5.74) is 0. The Hall–Kier alpha value is -3.72. The molecule has 48 heteroatoms. The Balaban J connectivity index is 1.05. The van der Waals surface area contributed by atoms with Crippen LogP contribution in [0.3, 0.4) is 0 Å². The third-order valence-electron chi connectivity index (χ3n) is 20.3. The maximum absolute atomic E-state index is 13.4. The van der Waals surface area contributed by atoms with E-state index in [1.807, 2.05) is 0 Å². The molecule has 0 aliphatic carbocycles. The number of carbonyl (C=O) groups is 4. The molecule has 1 unspecified atom stereocenters. The highest BCUT2D eigenvalue weighted by Gasteiger charge is 2.61. The smallest absolute Gasteiger partial charge is 0.217 e. The first-order chi connectivity index (χ1) is 51.9. The fourth-order valence-corrected chi connectivity index (χ4v) is 14.2. The van der Waals surface area contributed by atoms with Crippen molar-refractivity contribution in [2.24, 2.45) is 0 Å². The van der Waals surface area contributed by atoms with Gasteiger partial charge in [0, 0.05) is 27.7 Å². The summed E-state index contributed by atoms with van der Waals surface area (Å²) in [6.45, 7) is -0.890. The van der Waals surface area contributed by atoms with E-state index in [1.165, 1.54) is 13.8 Å². The van der Waals surface area contributed by atoms with Gasteiger partial charge in [-0.1, -0.05) is 0 Å². The van der Waals surface area contributed by atoms with Gasteiger partial charge in [-0.05, 0) is 13.8 Å². The number of aliphatic hydroxyl groups excluding tert-OH is 23. The summed E-state index contributed by atoms with van der Waals surface area (Å²) in [7, 11) is 0. The van der Waals surface area contributed by atoms with Gasteiger partial charge in [0.2, 0.25) is 23.6 Å². The Kier molecular flexibility index (Phi) is 32.0. The summed E-state index contributed by atoms with van der Waals surface area (Å²) in [5.74, 6) is -3.63. The molecule has 0 aromatic rings. The van der Waals surface area contributed by atoms with E-state index in [2.05, 4.69) is 21.3 Å². The van der Waals surface area contributed by atoms with Gasteiger partial charge in [0.15, 0.2) is 56.6 Å². The second kappa shape index (κ2) is 39.0. The lowest BCUT2D eigenvalue weighted by molar-refractivity contribution is -0.391. The second-order valence-corrected chi connectivity index (χ2v) is 28.2. The lowest BCUT2D eigenvalue weighted by Gasteiger charge is -2.51. The number of carbonyl (C=O) groups excluding carboxylic acids is 4. The van der Waals surface area contributed by atoms with Crippen LogP contribution in [0.15, 0.2) is 0 Å². The second-order valence-electron chi connectivity index (χ2n) is 28.2. The van der Waals surface area contributed by atoms with Crippen LogP contribution in [0.2, 0.25) is 0 Å². The summed E-state index contributed by atoms with van der Waals surface area (Å²) in [4.78, 5) is 51.7. The first-order valence-electron chi connectivity index (χ1n) is 35.3. The highest BCUT2D eigenvalue weighted by atomic mass is 16.8. The average molecular weight is 1610 g/mol. The van der Waals surface area contributed by atoms with Crippen molar-refractivity contribution in [2.45, 2.75) is 318 Å². The van der Waals surface area contributed by atoms with Crippen molar-refractivity contribution in [3.05, 3.63) is 0 Å². The van der Waals surface area contributed by atoms with Crippen molar-refractivity contribution in [1.29, 1.82) is 0 Å². The van der Waals surface area contributed by atoms with Crippen LogP contribution in [0.4, 0.5) is 0 Å². The average Bonchev–Trinajstić information content (AvgIpc) is 0.775. The Morgan fingerprint density at radius 3 is 1.02 bits per heavy atom. The van der Waals surface area contributed by atoms with Crippen LogP contribution in [0.25, 0.3) is 0 Å². The largest absolute Gasteiger partial charge is 0.394 e. The molecular formula is C62H104N4O44. The molecule has 48 nitrogen and oxygen atoms in total. The molecule has 110 heavy (non-hydrogen) atoms. The van der Waals surface area contributed by atoms with E-state index in [4.69, 9.17) is 80.5 Å². The molecular weight excluding hydrogens is 1500 g/mol. The Morgan fingerprint density at radius 2 is 0.564 bits per heavy atom. The highest BCUT2D eigenvalue weighted by molar-refractivity contribution is 5.74. The zero-order valence-electron chi connectivity index (χ0n) is 59.8. The standard InChI is InChI=1S/C62H104N4O44/c1-14-31(76)41(86)45(90)58(96-14)109-52-43(88)34(79)21(8-68)101-61(52)105-48-24(11-71)103-56(28(40(48)85)64-17(4)73)95-13-26-38(83)51(47(92)60(104-26)106-49-29(65-18(5)74)54(93)98-25(37(49)82)12-94-55-27(63-16(3)72)39(84)33(78)20(7-67)99-55)108-57-30(66-19(6)75)50(36(81)23(10-70)100-57)107-62-53(44(89)35(80)22(9-69)102-62)110-59-46(91)42(87)32(77)15(2)97-59/h14-15,20-62,67-71,76-93H,7-13H2,1-6H3,(H,63,72)(H,64,73)(H,65,74)(H,66,75)/t14-,15-,20+,21+,22+,23+,24+,25+,26+,27+,28+,29+,30+,31+,32+,33+,34-,35-,36+,37-,38-,39+,40+,41+,42+,43-,44-,45-,46-,47+,48+,49+,50+,51-,52+,53+,54?,55+,56+,57-,58-,59-,60-,61-,62-/m0/s1. The number of ether oxygens (including phenoxy) is 17. The molecule has 636 valence electrons. The Morgan fingerprint density at radius 1 is 0.255 bits per heavy atom. The third kappa shape index (κ3) is 19.9. The van der Waals surface area contributed by atoms with Gasteiger partial charge in [0.25, 0.3) is 0 Å². The van der Waals surface area contributed by atoms with Crippen LogP contribution in [0.1, 0.15) is 41.5 Å². The van der Waals surface area contributed by atoms with Gasteiger partial charge in [-0.15, -0.1) is 0 Å². The lowest BCUT2D eigenvalue weighted by Crippen LogP contribution is -2.71. The fraction of sp³-hybridized carbons (Fsp3) is 0.935. The highest BCUT2D eigenvalue weighted by Crippen LogP contribution is 2.40. The van der Waals surface area contributed by atoms with Gasteiger partial charge in [-0.25, -0.2) is 0 Å². The normalized spacial score (nSPS) is 49.6. The van der Waals surface area contributed by atoms with Crippen LogP contribution < -0.4 is 21.3 Å². The summed E-state index contributed by atoms with van der Waals surface area (Å²) in [5, 5.41) is 266.